The predicted octanol–water partition coefficient (Wildman–Crippen LogP) is 1.14. The van der Waals surface area contributed by atoms with Gasteiger partial charge in [-0.2, -0.15) is 5.10 Å². The van der Waals surface area contributed by atoms with Gasteiger partial charge in [0.25, 0.3) is 17.5 Å². The molecule has 0 spiro atoms. The average molecular weight is 406 g/mol. The first-order chi connectivity index (χ1) is 13.8. The van der Waals surface area contributed by atoms with Gasteiger partial charge in [-0.15, -0.1) is 0 Å². The number of ether oxygens (including phenoxy) is 2. The Bertz CT molecular complexity index is 925. The molecule has 2 aromatic rings. The van der Waals surface area contributed by atoms with Crippen LogP contribution >= 0.6 is 0 Å². The first kappa shape index (κ1) is 21.8. The Morgan fingerprint density at radius 3 is 2.66 bits per heavy atom. The van der Waals surface area contributed by atoms with Crippen LogP contribution in [0.4, 0.5) is 11.4 Å². The molecule has 29 heavy (non-hydrogen) atoms. The number of rotatable bonds is 10. The Balaban J connectivity index is 2.49. The van der Waals surface area contributed by atoms with Gasteiger partial charge in [-0.1, -0.05) is 6.92 Å². The summed E-state index contributed by atoms with van der Waals surface area (Å²) in [5, 5.41) is 17.8. The zero-order valence-electron chi connectivity index (χ0n) is 16.3. The lowest BCUT2D eigenvalue weighted by Gasteiger charge is -2.11. The smallest absolute Gasteiger partial charge is 0.288 e. The van der Waals surface area contributed by atoms with Crippen molar-refractivity contribution in [2.24, 2.45) is 5.73 Å². The summed E-state index contributed by atoms with van der Waals surface area (Å²) < 4.78 is 11.9. The Labute approximate surface area is 166 Å². The second kappa shape index (κ2) is 9.59. The standard InChI is InChI=1S/C17H22N6O6/c1-4-12-13(14(15(18)24)21-22(12)6-7-28-3)20-16(25)11-8-10(23(26)27)9-19-17(11)29-5-2/h8-9H,4-7H2,1-3H3,(H2,18,24)(H,20,25). The number of aromatic nitrogens is 3. The fraction of sp³-hybridized carbons (Fsp3) is 0.412. The number of nitro groups is 1. The molecule has 0 atom stereocenters. The molecule has 2 amide bonds. The Morgan fingerprint density at radius 1 is 1.38 bits per heavy atom. The maximum atomic E-state index is 12.9. The molecule has 156 valence electrons. The summed E-state index contributed by atoms with van der Waals surface area (Å²) in [6, 6.07) is 1.05. The predicted molar refractivity (Wildman–Crippen MR) is 102 cm³/mol. The van der Waals surface area contributed by atoms with E-state index in [1.165, 1.54) is 11.8 Å². The first-order valence-corrected chi connectivity index (χ1v) is 8.80. The second-order valence-corrected chi connectivity index (χ2v) is 5.79. The van der Waals surface area contributed by atoms with Crippen LogP contribution in [0.5, 0.6) is 5.88 Å². The van der Waals surface area contributed by atoms with E-state index in [9.17, 15) is 19.7 Å². The molecule has 3 N–H and O–H groups in total. The molecule has 0 radical (unpaired) electrons. The van der Waals surface area contributed by atoms with Crippen LogP contribution in [0.1, 0.15) is 40.4 Å². The van der Waals surface area contributed by atoms with E-state index in [1.807, 2.05) is 6.92 Å². The summed E-state index contributed by atoms with van der Waals surface area (Å²) in [6.45, 7) is 4.39. The summed E-state index contributed by atoms with van der Waals surface area (Å²) in [5.74, 6) is -1.64. The van der Waals surface area contributed by atoms with Crippen molar-refractivity contribution in [2.45, 2.75) is 26.8 Å². The molecule has 12 nitrogen and oxygen atoms in total. The SMILES string of the molecule is CCOc1ncc([N+](=O)[O-])cc1C(=O)Nc1c(C(N)=O)nn(CCOC)c1CC. The molecule has 0 aliphatic heterocycles. The van der Waals surface area contributed by atoms with Crippen molar-refractivity contribution < 1.29 is 24.0 Å². The molecular formula is C17H22N6O6. The zero-order chi connectivity index (χ0) is 21.6. The van der Waals surface area contributed by atoms with E-state index in [0.717, 1.165) is 12.3 Å². The molecule has 2 heterocycles. The number of hydrogen-bond donors (Lipinski definition) is 2. The highest BCUT2D eigenvalue weighted by atomic mass is 16.6. The fourth-order valence-corrected chi connectivity index (χ4v) is 2.66. The number of carbonyl (C=O) groups excluding carboxylic acids is 2. The molecule has 0 aliphatic rings. The topological polar surface area (TPSA) is 165 Å². The van der Waals surface area contributed by atoms with E-state index in [4.69, 9.17) is 15.2 Å². The lowest BCUT2D eigenvalue weighted by molar-refractivity contribution is -0.385. The van der Waals surface area contributed by atoms with Crippen molar-refractivity contribution in [3.8, 4) is 5.88 Å². The van der Waals surface area contributed by atoms with Gasteiger partial charge in [0.2, 0.25) is 5.88 Å². The summed E-state index contributed by atoms with van der Waals surface area (Å²) in [6.07, 6.45) is 1.43. The van der Waals surface area contributed by atoms with E-state index in [2.05, 4.69) is 15.4 Å². The van der Waals surface area contributed by atoms with E-state index in [-0.39, 0.29) is 35.1 Å². The third-order valence-electron chi connectivity index (χ3n) is 3.94. The minimum absolute atomic E-state index is 0.0685. The number of nitrogens with two attached hydrogens (primary N) is 1. The van der Waals surface area contributed by atoms with Crippen LogP contribution in [-0.4, -0.2) is 51.8 Å². The Morgan fingerprint density at radius 2 is 2.10 bits per heavy atom. The first-order valence-electron chi connectivity index (χ1n) is 8.80. The summed E-state index contributed by atoms with van der Waals surface area (Å²) in [7, 11) is 1.53. The van der Waals surface area contributed by atoms with Gasteiger partial charge in [0, 0.05) is 13.2 Å². The van der Waals surface area contributed by atoms with E-state index in [1.54, 1.807) is 6.92 Å². The third kappa shape index (κ3) is 4.85. The van der Waals surface area contributed by atoms with Crippen molar-refractivity contribution >= 4 is 23.2 Å². The van der Waals surface area contributed by atoms with Gasteiger partial charge < -0.3 is 20.5 Å². The van der Waals surface area contributed by atoms with Gasteiger partial charge in [0.15, 0.2) is 5.69 Å². The van der Waals surface area contributed by atoms with Gasteiger partial charge in [0.05, 0.1) is 36.1 Å². The third-order valence-corrected chi connectivity index (χ3v) is 3.94. The van der Waals surface area contributed by atoms with Crippen molar-refractivity contribution in [3.63, 3.8) is 0 Å². The summed E-state index contributed by atoms with van der Waals surface area (Å²) in [5.41, 5.74) is 5.46. The molecular weight excluding hydrogens is 384 g/mol. The van der Waals surface area contributed by atoms with Gasteiger partial charge in [-0.3, -0.25) is 24.4 Å². The largest absolute Gasteiger partial charge is 0.477 e. The second-order valence-electron chi connectivity index (χ2n) is 5.79. The highest BCUT2D eigenvalue weighted by molar-refractivity contribution is 6.09. The number of pyridine rings is 1. The molecule has 0 aromatic carbocycles. The van der Waals surface area contributed by atoms with Gasteiger partial charge in [-0.25, -0.2) is 4.98 Å². The minimum Gasteiger partial charge on any atom is -0.477 e. The molecule has 0 saturated heterocycles. The van der Waals surface area contributed by atoms with Crippen LogP contribution in [0.3, 0.4) is 0 Å². The molecule has 0 fully saturated rings. The maximum absolute atomic E-state index is 12.9. The van der Waals surface area contributed by atoms with E-state index < -0.39 is 16.7 Å². The van der Waals surface area contributed by atoms with Crippen LogP contribution in [0, 0.1) is 10.1 Å². The fourth-order valence-electron chi connectivity index (χ4n) is 2.66. The quantitative estimate of drug-likeness (QED) is 0.438. The molecule has 0 aliphatic carbocycles. The lowest BCUT2D eigenvalue weighted by Crippen LogP contribution is -2.19. The highest BCUT2D eigenvalue weighted by Crippen LogP contribution is 2.26. The highest BCUT2D eigenvalue weighted by Gasteiger charge is 2.25. The number of nitrogens with zero attached hydrogens (tertiary/aromatic N) is 4. The van der Waals surface area contributed by atoms with Crippen LogP contribution in [0.25, 0.3) is 0 Å². The summed E-state index contributed by atoms with van der Waals surface area (Å²) >= 11 is 0. The number of anilines is 1. The molecule has 2 rings (SSSR count). The lowest BCUT2D eigenvalue weighted by atomic mass is 10.2. The molecule has 0 bridgehead atoms. The number of methoxy groups -OCH3 is 1. The maximum Gasteiger partial charge on any atom is 0.288 e. The van der Waals surface area contributed by atoms with Crippen molar-refractivity contribution in [1.29, 1.82) is 0 Å². The normalized spacial score (nSPS) is 10.6. The zero-order valence-corrected chi connectivity index (χ0v) is 16.3. The summed E-state index contributed by atoms with van der Waals surface area (Å²) in [4.78, 5) is 39.0. The Hall–Kier alpha value is -3.54. The Kier molecular flexibility index (Phi) is 7.20. The van der Waals surface area contributed by atoms with E-state index in [0.29, 0.717) is 25.3 Å². The van der Waals surface area contributed by atoms with E-state index >= 15 is 0 Å². The average Bonchev–Trinajstić information content (AvgIpc) is 3.04. The number of nitrogens with one attached hydrogen (secondary N) is 1. The van der Waals surface area contributed by atoms with Crippen LogP contribution in [0.2, 0.25) is 0 Å². The van der Waals surface area contributed by atoms with Crippen LogP contribution < -0.4 is 15.8 Å². The molecule has 2 aromatic heterocycles. The molecule has 0 saturated carbocycles. The minimum atomic E-state index is -0.826. The van der Waals surface area contributed by atoms with Crippen molar-refractivity contribution in [2.75, 3.05) is 25.6 Å². The molecule has 12 heteroatoms. The van der Waals surface area contributed by atoms with Gasteiger partial charge >= 0.3 is 0 Å². The molecule has 0 unspecified atom stereocenters. The van der Waals surface area contributed by atoms with Crippen molar-refractivity contribution in [1.82, 2.24) is 14.8 Å². The van der Waals surface area contributed by atoms with Crippen molar-refractivity contribution in [3.05, 3.63) is 39.3 Å². The van der Waals surface area contributed by atoms with Crippen LogP contribution in [-0.2, 0) is 17.7 Å². The van der Waals surface area contributed by atoms with Gasteiger partial charge in [0.1, 0.15) is 11.8 Å². The monoisotopic (exact) mass is 406 g/mol. The van der Waals surface area contributed by atoms with Crippen LogP contribution in [0.15, 0.2) is 12.3 Å². The number of primary amides is 1. The number of carbonyl (C=O) groups is 2. The number of amides is 2. The number of hydrogen-bond acceptors (Lipinski definition) is 8. The van der Waals surface area contributed by atoms with Gasteiger partial charge in [-0.05, 0) is 13.3 Å².